The average molecular weight is 464 g/mol. The van der Waals surface area contributed by atoms with Crippen molar-refractivity contribution in [2.75, 3.05) is 5.32 Å². The van der Waals surface area contributed by atoms with Crippen molar-refractivity contribution in [2.24, 2.45) is 7.05 Å². The zero-order valence-corrected chi connectivity index (χ0v) is 16.0. The summed E-state index contributed by atoms with van der Waals surface area (Å²) < 4.78 is 40.5. The van der Waals surface area contributed by atoms with Gasteiger partial charge in [0.05, 0.1) is 11.0 Å². The molecule has 0 saturated carbocycles. The topological polar surface area (TPSA) is 77.6 Å². The molecule has 12 heteroatoms. The molecule has 0 bridgehead atoms. The van der Waals surface area contributed by atoms with Gasteiger partial charge >= 0.3 is 6.18 Å². The van der Waals surface area contributed by atoms with Crippen molar-refractivity contribution in [3.63, 3.8) is 0 Å². The van der Waals surface area contributed by atoms with Gasteiger partial charge < -0.3 is 0 Å². The van der Waals surface area contributed by atoms with Crippen LogP contribution in [-0.2, 0) is 19.8 Å². The lowest BCUT2D eigenvalue weighted by Gasteiger charge is -2.04. The third-order valence-electron chi connectivity index (χ3n) is 3.52. The van der Waals surface area contributed by atoms with Crippen LogP contribution in [0.5, 0.6) is 0 Å². The zero-order valence-electron chi connectivity index (χ0n) is 13.6. The molecule has 1 aromatic carbocycles. The normalized spacial score (nSPS) is 11.6. The molecule has 2 heterocycles. The number of rotatable bonds is 4. The van der Waals surface area contributed by atoms with Crippen LogP contribution < -0.4 is 5.32 Å². The van der Waals surface area contributed by atoms with Crippen LogP contribution in [0, 0.1) is 0 Å². The molecule has 0 aliphatic rings. The quantitative estimate of drug-likeness (QED) is 0.639. The third kappa shape index (κ3) is 4.14. The number of nitrogens with one attached hydrogen (secondary N) is 1. The molecule has 1 amide bonds. The molecule has 1 N–H and O–H groups in total. The highest BCUT2D eigenvalue weighted by molar-refractivity contribution is 9.10. The molecule has 0 aliphatic carbocycles. The number of alkyl halides is 3. The summed E-state index contributed by atoms with van der Waals surface area (Å²) in [6.45, 7) is 0.316. The van der Waals surface area contributed by atoms with Crippen LogP contribution in [0.25, 0.3) is 0 Å². The van der Waals surface area contributed by atoms with E-state index in [4.69, 9.17) is 11.6 Å². The maximum Gasteiger partial charge on any atom is 0.436 e. The first-order valence-electron chi connectivity index (χ1n) is 7.40. The minimum atomic E-state index is -4.69. The number of hydrogen-bond donors (Lipinski definition) is 1. The largest absolute Gasteiger partial charge is 0.436 e. The summed E-state index contributed by atoms with van der Waals surface area (Å²) in [4.78, 5) is 16.3. The van der Waals surface area contributed by atoms with Crippen LogP contribution in [0.3, 0.4) is 0 Å². The lowest BCUT2D eigenvalue weighted by Crippen LogP contribution is -2.17. The smallest absolute Gasteiger partial charge is 0.288 e. The number of aryl methyl sites for hydroxylation is 1. The molecular weight excluding hydrogens is 453 g/mol. The summed E-state index contributed by atoms with van der Waals surface area (Å²) in [7, 11) is 1.23. The molecule has 142 valence electrons. The molecule has 2 aromatic heterocycles. The lowest BCUT2D eigenvalue weighted by molar-refractivity contribution is -0.142. The maximum absolute atomic E-state index is 12.9. The molecule has 0 atom stereocenters. The Bertz CT molecular complexity index is 1000. The summed E-state index contributed by atoms with van der Waals surface area (Å²) in [6, 6.07) is 7.15. The van der Waals surface area contributed by atoms with Crippen molar-refractivity contribution in [3.8, 4) is 0 Å². The van der Waals surface area contributed by atoms with Crippen LogP contribution in [0.4, 0.5) is 19.1 Å². The highest BCUT2D eigenvalue weighted by Gasteiger charge is 2.39. The van der Waals surface area contributed by atoms with Gasteiger partial charge in [-0.2, -0.15) is 18.3 Å². The molecule has 0 aliphatic heterocycles. The summed E-state index contributed by atoms with van der Waals surface area (Å²) >= 11 is 8.87. The summed E-state index contributed by atoms with van der Waals surface area (Å²) in [5, 5.41) is 10.3. The van der Waals surface area contributed by atoms with Gasteiger partial charge in [-0.1, -0.05) is 29.8 Å². The molecule has 7 nitrogen and oxygen atoms in total. The number of benzene rings is 1. The summed E-state index contributed by atoms with van der Waals surface area (Å²) in [6.07, 6.45) is -3.32. The van der Waals surface area contributed by atoms with Gasteiger partial charge in [-0.25, -0.2) is 9.67 Å². The Morgan fingerprint density at radius 2 is 2.00 bits per heavy atom. The number of aromatic nitrogens is 5. The van der Waals surface area contributed by atoms with Crippen LogP contribution in [-0.4, -0.2) is 30.5 Å². The van der Waals surface area contributed by atoms with Crippen molar-refractivity contribution < 1.29 is 18.0 Å². The second-order valence-electron chi connectivity index (χ2n) is 5.44. The number of nitrogens with zero attached hydrogens (tertiary/aromatic N) is 5. The fourth-order valence-electron chi connectivity index (χ4n) is 2.32. The van der Waals surface area contributed by atoms with E-state index in [0.29, 0.717) is 11.6 Å². The van der Waals surface area contributed by atoms with E-state index in [1.807, 2.05) is 12.1 Å². The van der Waals surface area contributed by atoms with E-state index >= 15 is 0 Å². The Hall–Kier alpha value is -2.40. The molecular formula is C15H11BrClF3N6O. The zero-order chi connectivity index (χ0) is 19.8. The van der Waals surface area contributed by atoms with E-state index in [9.17, 15) is 18.0 Å². The Kier molecular flexibility index (Phi) is 5.24. The summed E-state index contributed by atoms with van der Waals surface area (Å²) in [5.41, 5.74) is -0.691. The lowest BCUT2D eigenvalue weighted by atomic mass is 10.2. The first-order chi connectivity index (χ1) is 12.7. The Morgan fingerprint density at radius 3 is 2.63 bits per heavy atom. The van der Waals surface area contributed by atoms with Crippen molar-refractivity contribution >= 4 is 39.4 Å². The van der Waals surface area contributed by atoms with Crippen LogP contribution in [0.2, 0.25) is 5.02 Å². The van der Waals surface area contributed by atoms with E-state index in [1.54, 1.807) is 12.1 Å². The third-order valence-corrected chi connectivity index (χ3v) is 4.64. The van der Waals surface area contributed by atoms with E-state index < -0.39 is 22.3 Å². The first kappa shape index (κ1) is 19.4. The van der Waals surface area contributed by atoms with E-state index in [-0.39, 0.29) is 11.6 Å². The van der Waals surface area contributed by atoms with Gasteiger partial charge in [0.15, 0.2) is 5.69 Å². The number of amides is 1. The molecule has 0 spiro atoms. The van der Waals surface area contributed by atoms with Crippen LogP contribution >= 0.6 is 27.5 Å². The molecule has 0 saturated heterocycles. The number of hydrogen-bond acceptors (Lipinski definition) is 4. The van der Waals surface area contributed by atoms with Gasteiger partial charge in [-0.05, 0) is 27.6 Å². The molecule has 3 aromatic rings. The standard InChI is InChI=1S/C15H11BrClF3N6O/c1-25-11(10(16)12(23-25)15(18,19)20)13(27)22-14-21-7-26(24-14)6-8-4-2-3-5-9(8)17/h2-5,7H,6H2,1H3,(H,22,24,27). The fourth-order valence-corrected chi connectivity index (χ4v) is 3.25. The number of anilines is 1. The minimum absolute atomic E-state index is 0.0614. The van der Waals surface area contributed by atoms with Crippen molar-refractivity contribution in [3.05, 3.63) is 57.0 Å². The van der Waals surface area contributed by atoms with Crippen molar-refractivity contribution in [2.45, 2.75) is 12.7 Å². The van der Waals surface area contributed by atoms with E-state index in [2.05, 4.69) is 36.4 Å². The number of halogens is 5. The van der Waals surface area contributed by atoms with Gasteiger partial charge in [-0.3, -0.25) is 14.8 Å². The average Bonchev–Trinajstić information content (AvgIpc) is 3.13. The van der Waals surface area contributed by atoms with Gasteiger partial charge in [0, 0.05) is 12.1 Å². The highest BCUT2D eigenvalue weighted by Crippen LogP contribution is 2.35. The highest BCUT2D eigenvalue weighted by atomic mass is 79.9. The second kappa shape index (κ2) is 7.31. The van der Waals surface area contributed by atoms with Crippen LogP contribution in [0.1, 0.15) is 21.7 Å². The van der Waals surface area contributed by atoms with Crippen LogP contribution in [0.15, 0.2) is 35.1 Å². The second-order valence-corrected chi connectivity index (χ2v) is 6.64. The molecule has 27 heavy (non-hydrogen) atoms. The van der Waals surface area contributed by atoms with Gasteiger partial charge in [0.1, 0.15) is 12.0 Å². The molecule has 0 fully saturated rings. The molecule has 0 unspecified atom stereocenters. The Labute approximate surface area is 164 Å². The molecule has 0 radical (unpaired) electrons. The molecule has 3 rings (SSSR count). The predicted octanol–water partition coefficient (Wildman–Crippen LogP) is 3.75. The van der Waals surface area contributed by atoms with Gasteiger partial charge in [0.25, 0.3) is 5.91 Å². The summed E-state index contributed by atoms with van der Waals surface area (Å²) in [5.74, 6) is -0.892. The van der Waals surface area contributed by atoms with E-state index in [1.165, 1.54) is 18.1 Å². The van der Waals surface area contributed by atoms with E-state index in [0.717, 1.165) is 10.2 Å². The predicted molar refractivity (Wildman–Crippen MR) is 94.4 cm³/mol. The Morgan fingerprint density at radius 1 is 1.30 bits per heavy atom. The van der Waals surface area contributed by atoms with Crippen molar-refractivity contribution in [1.29, 1.82) is 0 Å². The van der Waals surface area contributed by atoms with Gasteiger partial charge in [0.2, 0.25) is 5.95 Å². The van der Waals surface area contributed by atoms with Crippen molar-refractivity contribution in [1.82, 2.24) is 24.5 Å². The SMILES string of the molecule is Cn1nc(C(F)(F)F)c(Br)c1C(=O)Nc1ncn(Cc2ccccc2Cl)n1. The minimum Gasteiger partial charge on any atom is -0.288 e. The first-order valence-corrected chi connectivity index (χ1v) is 8.58. The van der Waals surface area contributed by atoms with Gasteiger partial charge in [-0.15, -0.1) is 5.10 Å². The Balaban J connectivity index is 1.77. The number of carbonyl (C=O) groups excluding carboxylic acids is 1. The maximum atomic E-state index is 12.9. The fraction of sp³-hybridized carbons (Fsp3) is 0.200. The number of carbonyl (C=O) groups is 1. The monoisotopic (exact) mass is 462 g/mol.